The molecule has 0 unspecified atom stereocenters. The summed E-state index contributed by atoms with van der Waals surface area (Å²) >= 11 is 0. The molecule has 0 spiro atoms. The lowest BCUT2D eigenvalue weighted by Crippen LogP contribution is -2.31. The fourth-order valence-corrected chi connectivity index (χ4v) is 1.97. The first kappa shape index (κ1) is 11.9. The predicted octanol–water partition coefficient (Wildman–Crippen LogP) is 1.65. The Hall–Kier alpha value is -1.58. The molecule has 0 saturated carbocycles. The van der Waals surface area contributed by atoms with Gasteiger partial charge in [0.15, 0.2) is 0 Å². The minimum Gasteiger partial charge on any atom is -0.423 e. The summed E-state index contributed by atoms with van der Waals surface area (Å²) in [4.78, 5) is 0. The molecule has 0 aliphatic rings. The standard InChI is InChI=1S/C14H15BO2/c1-10-4-3-5-12(8-10)13-7-6-11(2)9-14(13)15(16)17/h3-9,16-17H,1-2H3. The third kappa shape index (κ3) is 2.57. The lowest BCUT2D eigenvalue weighted by Gasteiger charge is -2.10. The Labute approximate surface area is 102 Å². The van der Waals surface area contributed by atoms with E-state index in [9.17, 15) is 10.0 Å². The van der Waals surface area contributed by atoms with Crippen molar-refractivity contribution in [3.05, 3.63) is 53.6 Å². The van der Waals surface area contributed by atoms with Gasteiger partial charge in [-0.2, -0.15) is 0 Å². The zero-order chi connectivity index (χ0) is 12.4. The molecule has 2 rings (SSSR count). The maximum Gasteiger partial charge on any atom is 0.489 e. The highest BCUT2D eigenvalue weighted by molar-refractivity contribution is 6.60. The van der Waals surface area contributed by atoms with Gasteiger partial charge in [0.1, 0.15) is 0 Å². The SMILES string of the molecule is Cc1cccc(-c2ccc(C)cc2B(O)O)c1. The predicted molar refractivity (Wildman–Crippen MR) is 71.2 cm³/mol. The smallest absolute Gasteiger partial charge is 0.423 e. The first-order chi connectivity index (χ1) is 8.08. The van der Waals surface area contributed by atoms with Crippen LogP contribution in [0.15, 0.2) is 42.5 Å². The van der Waals surface area contributed by atoms with Gasteiger partial charge in [0, 0.05) is 0 Å². The molecule has 0 aliphatic heterocycles. The molecular weight excluding hydrogens is 211 g/mol. The van der Waals surface area contributed by atoms with E-state index in [1.54, 1.807) is 0 Å². The Balaban J connectivity index is 2.59. The van der Waals surface area contributed by atoms with E-state index in [-0.39, 0.29) is 0 Å². The molecule has 0 aromatic heterocycles. The topological polar surface area (TPSA) is 40.5 Å². The molecule has 0 bridgehead atoms. The van der Waals surface area contributed by atoms with Crippen LogP contribution in [0.4, 0.5) is 0 Å². The molecule has 3 heteroatoms. The lowest BCUT2D eigenvalue weighted by atomic mass is 9.74. The molecule has 86 valence electrons. The monoisotopic (exact) mass is 226 g/mol. The van der Waals surface area contributed by atoms with Crippen molar-refractivity contribution in [1.82, 2.24) is 0 Å². The first-order valence-corrected chi connectivity index (χ1v) is 5.61. The summed E-state index contributed by atoms with van der Waals surface area (Å²) < 4.78 is 0. The van der Waals surface area contributed by atoms with Crippen molar-refractivity contribution in [3.63, 3.8) is 0 Å². The van der Waals surface area contributed by atoms with E-state index < -0.39 is 7.12 Å². The Morgan fingerprint density at radius 2 is 1.59 bits per heavy atom. The summed E-state index contributed by atoms with van der Waals surface area (Å²) in [5, 5.41) is 18.8. The van der Waals surface area contributed by atoms with Crippen molar-refractivity contribution >= 4 is 12.6 Å². The fraction of sp³-hybridized carbons (Fsp3) is 0.143. The van der Waals surface area contributed by atoms with Gasteiger partial charge in [-0.1, -0.05) is 53.6 Å². The zero-order valence-corrected chi connectivity index (χ0v) is 10.0. The zero-order valence-electron chi connectivity index (χ0n) is 10.0. The van der Waals surface area contributed by atoms with Gasteiger partial charge >= 0.3 is 7.12 Å². The van der Waals surface area contributed by atoms with Crippen LogP contribution in [0.2, 0.25) is 0 Å². The quantitative estimate of drug-likeness (QED) is 0.764. The molecule has 0 heterocycles. The van der Waals surface area contributed by atoms with Gasteiger partial charge in [-0.05, 0) is 30.4 Å². The third-order valence-corrected chi connectivity index (χ3v) is 2.81. The maximum atomic E-state index is 9.42. The average Bonchev–Trinajstić information content (AvgIpc) is 2.28. The summed E-state index contributed by atoms with van der Waals surface area (Å²) in [6, 6.07) is 13.7. The first-order valence-electron chi connectivity index (χ1n) is 5.61. The molecule has 0 atom stereocenters. The minimum atomic E-state index is -1.44. The van der Waals surface area contributed by atoms with E-state index in [4.69, 9.17) is 0 Å². The Morgan fingerprint density at radius 3 is 2.24 bits per heavy atom. The summed E-state index contributed by atoms with van der Waals surface area (Å²) in [6.45, 7) is 3.96. The summed E-state index contributed by atoms with van der Waals surface area (Å²) in [7, 11) is -1.44. The third-order valence-electron chi connectivity index (χ3n) is 2.81. The van der Waals surface area contributed by atoms with E-state index in [0.29, 0.717) is 5.46 Å². The fourth-order valence-electron chi connectivity index (χ4n) is 1.97. The van der Waals surface area contributed by atoms with E-state index in [2.05, 4.69) is 0 Å². The highest BCUT2D eigenvalue weighted by Gasteiger charge is 2.16. The van der Waals surface area contributed by atoms with Crippen LogP contribution in [0.5, 0.6) is 0 Å². The average molecular weight is 226 g/mol. The molecule has 17 heavy (non-hydrogen) atoms. The van der Waals surface area contributed by atoms with Gasteiger partial charge in [0.25, 0.3) is 0 Å². The highest BCUT2D eigenvalue weighted by Crippen LogP contribution is 2.19. The van der Waals surface area contributed by atoms with Gasteiger partial charge < -0.3 is 10.0 Å². The van der Waals surface area contributed by atoms with Crippen molar-refractivity contribution in [3.8, 4) is 11.1 Å². The summed E-state index contributed by atoms with van der Waals surface area (Å²) in [5.41, 5.74) is 4.60. The van der Waals surface area contributed by atoms with Crippen molar-refractivity contribution in [2.24, 2.45) is 0 Å². The second-order valence-corrected chi connectivity index (χ2v) is 4.33. The second kappa shape index (κ2) is 4.74. The maximum absolute atomic E-state index is 9.42. The van der Waals surface area contributed by atoms with Crippen LogP contribution < -0.4 is 5.46 Å². The van der Waals surface area contributed by atoms with Crippen LogP contribution >= 0.6 is 0 Å². The number of hydrogen-bond donors (Lipinski definition) is 2. The van der Waals surface area contributed by atoms with Crippen molar-refractivity contribution in [2.45, 2.75) is 13.8 Å². The normalized spacial score (nSPS) is 10.4. The van der Waals surface area contributed by atoms with Gasteiger partial charge in [-0.3, -0.25) is 0 Å². The number of rotatable bonds is 2. The lowest BCUT2D eigenvalue weighted by molar-refractivity contribution is 0.426. The van der Waals surface area contributed by atoms with E-state index in [0.717, 1.165) is 22.3 Å². The molecule has 0 aliphatic carbocycles. The molecule has 0 saturated heterocycles. The van der Waals surface area contributed by atoms with Crippen LogP contribution in [0.25, 0.3) is 11.1 Å². The van der Waals surface area contributed by atoms with E-state index in [1.165, 1.54) is 0 Å². The Morgan fingerprint density at radius 1 is 0.882 bits per heavy atom. The van der Waals surface area contributed by atoms with Gasteiger partial charge in [0.05, 0.1) is 0 Å². The van der Waals surface area contributed by atoms with E-state index in [1.807, 2.05) is 56.3 Å². The van der Waals surface area contributed by atoms with Crippen LogP contribution in [-0.4, -0.2) is 17.2 Å². The van der Waals surface area contributed by atoms with Gasteiger partial charge in [-0.15, -0.1) is 0 Å². The molecule has 0 fully saturated rings. The van der Waals surface area contributed by atoms with Crippen molar-refractivity contribution in [2.75, 3.05) is 0 Å². The molecule has 2 N–H and O–H groups in total. The molecule has 0 amide bonds. The van der Waals surface area contributed by atoms with Crippen molar-refractivity contribution in [1.29, 1.82) is 0 Å². The van der Waals surface area contributed by atoms with Crippen LogP contribution in [-0.2, 0) is 0 Å². The second-order valence-electron chi connectivity index (χ2n) is 4.33. The molecule has 2 nitrogen and oxygen atoms in total. The molecule has 0 radical (unpaired) electrons. The highest BCUT2D eigenvalue weighted by atomic mass is 16.4. The van der Waals surface area contributed by atoms with E-state index >= 15 is 0 Å². The largest absolute Gasteiger partial charge is 0.489 e. The molecule has 2 aromatic rings. The summed E-state index contributed by atoms with van der Waals surface area (Å²) in [5.74, 6) is 0. The van der Waals surface area contributed by atoms with Crippen LogP contribution in [0.1, 0.15) is 11.1 Å². The summed E-state index contributed by atoms with van der Waals surface area (Å²) in [6.07, 6.45) is 0. The van der Waals surface area contributed by atoms with Gasteiger partial charge in [-0.25, -0.2) is 0 Å². The Bertz CT molecular complexity index is 535. The molecular formula is C14H15BO2. The number of hydrogen-bond acceptors (Lipinski definition) is 2. The van der Waals surface area contributed by atoms with Gasteiger partial charge in [0.2, 0.25) is 0 Å². The Kier molecular flexibility index (Phi) is 3.32. The van der Waals surface area contributed by atoms with Crippen LogP contribution in [0.3, 0.4) is 0 Å². The minimum absolute atomic E-state index is 0.551. The molecule has 2 aromatic carbocycles. The number of aryl methyl sites for hydroxylation is 2. The van der Waals surface area contributed by atoms with Crippen molar-refractivity contribution < 1.29 is 10.0 Å². The van der Waals surface area contributed by atoms with Crippen LogP contribution in [0, 0.1) is 13.8 Å². The number of benzene rings is 2.